The first-order valence-corrected chi connectivity index (χ1v) is 9.48. The Bertz CT molecular complexity index is 356. The topological polar surface area (TPSA) is 99.1 Å². The Morgan fingerprint density at radius 2 is 1.29 bits per heavy atom. The Hall–Kier alpha value is -0.256. The van der Waals surface area contributed by atoms with Crippen molar-refractivity contribution in [2.45, 2.75) is 33.0 Å². The average molecular weight is 446 g/mol. The summed E-state index contributed by atoms with van der Waals surface area (Å²) in [6.07, 6.45) is -1.87. The van der Waals surface area contributed by atoms with Crippen LogP contribution < -0.4 is 5.32 Å². The van der Waals surface area contributed by atoms with Crippen LogP contribution in [0.25, 0.3) is 5.73 Å². The van der Waals surface area contributed by atoms with Gasteiger partial charge in [0.2, 0.25) is 5.91 Å². The van der Waals surface area contributed by atoms with E-state index in [1.807, 2.05) is 0 Å². The SMILES string of the molecule is CC(C)C(=O)NCC(F)C(C)OCCOCCOCCOCCOCC[NH-].[V]. The van der Waals surface area contributed by atoms with Crippen LogP contribution in [0.3, 0.4) is 0 Å². The Morgan fingerprint density at radius 1 is 0.857 bits per heavy atom. The molecule has 0 aromatic heterocycles. The number of nitrogens with one attached hydrogen (secondary N) is 2. The van der Waals surface area contributed by atoms with E-state index in [2.05, 4.69) is 5.32 Å². The van der Waals surface area contributed by atoms with E-state index in [4.69, 9.17) is 29.4 Å². The molecule has 10 heteroatoms. The summed E-state index contributed by atoms with van der Waals surface area (Å²) in [5.74, 6) is -0.334. The molecular weight excluding hydrogens is 410 g/mol. The van der Waals surface area contributed by atoms with Crippen molar-refractivity contribution in [2.24, 2.45) is 5.92 Å². The van der Waals surface area contributed by atoms with Crippen LogP contribution in [-0.4, -0.2) is 90.7 Å². The molecule has 0 rings (SSSR count). The number of amides is 1. The molecule has 0 saturated carbocycles. The molecule has 1 radical (unpaired) electrons. The van der Waals surface area contributed by atoms with E-state index in [1.165, 1.54) is 0 Å². The molecule has 2 unspecified atom stereocenters. The average Bonchev–Trinajstić information content (AvgIpc) is 2.65. The van der Waals surface area contributed by atoms with Gasteiger partial charge in [0, 0.05) is 31.1 Å². The summed E-state index contributed by atoms with van der Waals surface area (Å²) < 4.78 is 40.3. The van der Waals surface area contributed by atoms with Gasteiger partial charge in [-0.2, -0.15) is 0 Å². The van der Waals surface area contributed by atoms with E-state index in [0.29, 0.717) is 52.9 Å². The molecule has 0 saturated heterocycles. The smallest absolute Gasteiger partial charge is 0.222 e. The number of hydrogen-bond donors (Lipinski definition) is 1. The van der Waals surface area contributed by atoms with Crippen molar-refractivity contribution in [3.63, 3.8) is 0 Å². The third-order valence-electron chi connectivity index (χ3n) is 3.48. The number of hydrogen-bond acceptors (Lipinski definition) is 6. The molecular formula is C18H36FN2O6V-. The van der Waals surface area contributed by atoms with Crippen LogP contribution in [0.5, 0.6) is 0 Å². The van der Waals surface area contributed by atoms with E-state index in [-0.39, 0.29) is 50.1 Å². The van der Waals surface area contributed by atoms with E-state index in [9.17, 15) is 9.18 Å². The quantitative estimate of drug-likeness (QED) is 0.303. The summed E-state index contributed by atoms with van der Waals surface area (Å²) in [5.41, 5.74) is 6.90. The van der Waals surface area contributed by atoms with Crippen LogP contribution in [0.4, 0.5) is 4.39 Å². The van der Waals surface area contributed by atoms with Crippen molar-refractivity contribution < 1.29 is 51.4 Å². The second kappa shape index (κ2) is 21.5. The number of alkyl halides is 1. The Balaban J connectivity index is 0. The fraction of sp³-hybridized carbons (Fsp3) is 0.944. The van der Waals surface area contributed by atoms with Gasteiger partial charge in [-0.15, -0.1) is 6.54 Å². The van der Waals surface area contributed by atoms with Gasteiger partial charge >= 0.3 is 0 Å². The van der Waals surface area contributed by atoms with Gasteiger partial charge < -0.3 is 34.7 Å². The van der Waals surface area contributed by atoms with Crippen molar-refractivity contribution in [1.82, 2.24) is 5.32 Å². The van der Waals surface area contributed by atoms with Crippen LogP contribution in [-0.2, 0) is 47.0 Å². The van der Waals surface area contributed by atoms with Crippen LogP contribution in [0, 0.1) is 5.92 Å². The number of carbonyl (C=O) groups is 1. The van der Waals surface area contributed by atoms with Gasteiger partial charge in [-0.3, -0.25) is 4.79 Å². The molecule has 0 fully saturated rings. The Morgan fingerprint density at radius 3 is 1.71 bits per heavy atom. The summed E-state index contributed by atoms with van der Waals surface area (Å²) in [4.78, 5) is 11.4. The molecule has 2 N–H and O–H groups in total. The fourth-order valence-electron chi connectivity index (χ4n) is 1.80. The van der Waals surface area contributed by atoms with Gasteiger partial charge in [0.25, 0.3) is 0 Å². The summed E-state index contributed by atoms with van der Waals surface area (Å²) >= 11 is 0. The molecule has 0 heterocycles. The van der Waals surface area contributed by atoms with Crippen molar-refractivity contribution in [2.75, 3.05) is 72.6 Å². The molecule has 0 aliphatic heterocycles. The minimum absolute atomic E-state index is 0. The minimum Gasteiger partial charge on any atom is -0.676 e. The molecule has 2 atom stereocenters. The van der Waals surface area contributed by atoms with Gasteiger partial charge in [0.1, 0.15) is 6.17 Å². The van der Waals surface area contributed by atoms with Gasteiger partial charge in [-0.05, 0) is 6.92 Å². The zero-order chi connectivity index (χ0) is 20.3. The van der Waals surface area contributed by atoms with Crippen LogP contribution in [0.1, 0.15) is 20.8 Å². The van der Waals surface area contributed by atoms with Crippen LogP contribution in [0.2, 0.25) is 0 Å². The number of rotatable bonds is 19. The van der Waals surface area contributed by atoms with Crippen LogP contribution in [0.15, 0.2) is 0 Å². The summed E-state index contributed by atoms with van der Waals surface area (Å²) in [6, 6.07) is 0. The van der Waals surface area contributed by atoms with Crippen molar-refractivity contribution in [1.29, 1.82) is 0 Å². The van der Waals surface area contributed by atoms with Crippen molar-refractivity contribution >= 4 is 5.91 Å². The second-order valence-corrected chi connectivity index (χ2v) is 6.19. The van der Waals surface area contributed by atoms with Gasteiger partial charge in [-0.25, -0.2) is 4.39 Å². The minimum atomic E-state index is -1.26. The first-order valence-electron chi connectivity index (χ1n) is 9.48. The van der Waals surface area contributed by atoms with Crippen LogP contribution >= 0.6 is 0 Å². The number of halogens is 1. The maximum absolute atomic E-state index is 13.9. The molecule has 1 amide bonds. The predicted octanol–water partition coefficient (Wildman–Crippen LogP) is 1.62. The van der Waals surface area contributed by atoms with E-state index in [1.54, 1.807) is 20.8 Å². The number of ether oxygens (including phenoxy) is 5. The molecule has 0 aromatic rings. The molecule has 0 aliphatic rings. The Kier molecular flexibility index (Phi) is 22.9. The maximum atomic E-state index is 13.9. The second-order valence-electron chi connectivity index (χ2n) is 6.19. The standard InChI is InChI=1S/C18H36FN2O6.V/c1-15(2)18(22)21-14-17(19)16(3)27-13-12-26-11-10-25-9-8-24-7-6-23-5-4-20;/h15-17,20H,4-14H2,1-3H3,(H,21,22);/q-1;. The summed E-state index contributed by atoms with van der Waals surface area (Å²) in [5, 5.41) is 2.55. The van der Waals surface area contributed by atoms with Crippen molar-refractivity contribution in [3.05, 3.63) is 5.73 Å². The monoisotopic (exact) mass is 446 g/mol. The van der Waals surface area contributed by atoms with E-state index < -0.39 is 12.3 Å². The molecule has 8 nitrogen and oxygen atoms in total. The zero-order valence-corrected chi connectivity index (χ0v) is 18.7. The van der Waals surface area contributed by atoms with Gasteiger partial charge in [0.15, 0.2) is 0 Å². The summed E-state index contributed by atoms with van der Waals surface area (Å²) in [7, 11) is 0. The molecule has 0 bridgehead atoms. The predicted molar refractivity (Wildman–Crippen MR) is 101 cm³/mol. The maximum Gasteiger partial charge on any atom is 0.222 e. The molecule has 0 spiro atoms. The molecule has 28 heavy (non-hydrogen) atoms. The van der Waals surface area contributed by atoms with E-state index in [0.717, 1.165) is 0 Å². The molecule has 0 aliphatic carbocycles. The third-order valence-corrected chi connectivity index (χ3v) is 3.48. The summed E-state index contributed by atoms with van der Waals surface area (Å²) in [6.45, 7) is 9.23. The van der Waals surface area contributed by atoms with E-state index >= 15 is 0 Å². The molecule has 167 valence electrons. The van der Waals surface area contributed by atoms with Gasteiger partial charge in [-0.1, -0.05) is 13.8 Å². The molecule has 0 aromatic carbocycles. The fourth-order valence-corrected chi connectivity index (χ4v) is 1.80. The third kappa shape index (κ3) is 19.1. The first kappa shape index (κ1) is 29.9. The Labute approximate surface area is 180 Å². The number of carbonyl (C=O) groups excluding carboxylic acids is 1. The van der Waals surface area contributed by atoms with Gasteiger partial charge in [0.05, 0.1) is 65.5 Å². The van der Waals surface area contributed by atoms with Crippen molar-refractivity contribution in [3.8, 4) is 0 Å². The largest absolute Gasteiger partial charge is 0.676 e. The zero-order valence-electron chi connectivity index (χ0n) is 17.3. The normalized spacial score (nSPS) is 13.2. The first-order chi connectivity index (χ1) is 13.0.